The summed E-state index contributed by atoms with van der Waals surface area (Å²) in [7, 11) is 0. The van der Waals surface area contributed by atoms with Crippen LogP contribution in [-0.4, -0.2) is 40.2 Å². The average molecular weight is 190 g/mol. The highest BCUT2D eigenvalue weighted by atomic mass is 16.4. The number of carboxylic acids is 1. The van der Waals surface area contributed by atoms with Crippen molar-refractivity contribution in [3.63, 3.8) is 0 Å². The van der Waals surface area contributed by atoms with Crippen LogP contribution in [-0.2, 0) is 9.59 Å². The molecule has 0 saturated heterocycles. The largest absolute Gasteiger partial charge is 0.544 e. The van der Waals surface area contributed by atoms with Crippen molar-refractivity contribution in [1.29, 1.82) is 0 Å². The molecule has 6 nitrogen and oxygen atoms in total. The van der Waals surface area contributed by atoms with Gasteiger partial charge in [-0.05, 0) is 6.92 Å². The Labute approximate surface area is 75.0 Å². The van der Waals surface area contributed by atoms with E-state index < -0.39 is 36.4 Å². The number of Topliss-reactive ketones (excluding diaryl/α,β-unsaturated/α-hetero) is 1. The van der Waals surface area contributed by atoms with Crippen LogP contribution in [0.15, 0.2) is 0 Å². The molecule has 0 bridgehead atoms. The minimum Gasteiger partial charge on any atom is -0.544 e. The first-order valence-electron chi connectivity index (χ1n) is 3.69. The third-order valence-electron chi connectivity index (χ3n) is 1.58. The normalized spacial score (nSPS) is 17.5. The van der Waals surface area contributed by atoms with E-state index in [1.165, 1.54) is 0 Å². The van der Waals surface area contributed by atoms with Crippen LogP contribution < -0.4 is 10.8 Å². The van der Waals surface area contributed by atoms with E-state index in [0.29, 0.717) is 0 Å². The van der Waals surface area contributed by atoms with Crippen LogP contribution in [0.5, 0.6) is 0 Å². The standard InChI is InChI=1S/C7H13NO5/c1-3(9)6(11)5(10)2-4(8)7(12)13/h4-6,10-11H,2,8H2,1H3,(H,12,13)/q+1/p-1. The van der Waals surface area contributed by atoms with Crippen molar-refractivity contribution in [2.24, 2.45) is 0 Å². The van der Waals surface area contributed by atoms with Crippen LogP contribution in [0.4, 0.5) is 0 Å². The number of ketones is 1. The van der Waals surface area contributed by atoms with Gasteiger partial charge in [-0.25, -0.2) is 0 Å². The molecule has 0 aromatic rings. The van der Waals surface area contributed by atoms with Crippen molar-refractivity contribution in [2.75, 3.05) is 0 Å². The van der Waals surface area contributed by atoms with Gasteiger partial charge in [0.25, 0.3) is 0 Å². The van der Waals surface area contributed by atoms with E-state index in [1.54, 1.807) is 0 Å². The van der Waals surface area contributed by atoms with Crippen LogP contribution in [0.2, 0.25) is 0 Å². The van der Waals surface area contributed by atoms with Gasteiger partial charge in [-0.15, -0.1) is 0 Å². The molecule has 0 rings (SSSR count). The first-order valence-corrected chi connectivity index (χ1v) is 3.69. The summed E-state index contributed by atoms with van der Waals surface area (Å²) in [6.45, 7) is 1.08. The Balaban J connectivity index is 4.06. The van der Waals surface area contributed by atoms with Crippen LogP contribution >= 0.6 is 0 Å². The fourth-order valence-electron chi connectivity index (χ4n) is 0.756. The van der Waals surface area contributed by atoms with Crippen LogP contribution in [0.1, 0.15) is 13.3 Å². The molecule has 0 aliphatic rings. The first kappa shape index (κ1) is 12.0. The molecule has 6 heteroatoms. The molecule has 0 heterocycles. The van der Waals surface area contributed by atoms with E-state index >= 15 is 0 Å². The highest BCUT2D eigenvalue weighted by molar-refractivity contribution is 5.80. The number of aliphatic hydroxyl groups is 2. The van der Waals surface area contributed by atoms with E-state index in [-0.39, 0.29) is 0 Å². The molecule has 0 saturated carbocycles. The summed E-state index contributed by atoms with van der Waals surface area (Å²) >= 11 is 0. The summed E-state index contributed by atoms with van der Waals surface area (Å²) < 4.78 is 0. The molecule has 0 aromatic heterocycles. The molecule has 4 N–H and O–H groups in total. The second-order valence-electron chi connectivity index (χ2n) is 2.78. The van der Waals surface area contributed by atoms with Gasteiger partial charge in [0.15, 0.2) is 11.8 Å². The van der Waals surface area contributed by atoms with Gasteiger partial charge in [-0.2, -0.15) is 5.73 Å². The Kier molecular flexibility index (Phi) is 4.53. The molecule has 1 radical (unpaired) electrons. The van der Waals surface area contributed by atoms with E-state index in [9.17, 15) is 14.7 Å². The number of rotatable bonds is 5. The SMILES string of the molecule is CC(=O)C(O)C(O)CC([NH2+])C(=O)[O-]. The van der Waals surface area contributed by atoms with Crippen LogP contribution in [0.3, 0.4) is 0 Å². The van der Waals surface area contributed by atoms with Gasteiger partial charge < -0.3 is 20.1 Å². The van der Waals surface area contributed by atoms with Crippen molar-refractivity contribution in [1.82, 2.24) is 0 Å². The molecule has 3 unspecified atom stereocenters. The topological polar surface area (TPSA) is 123 Å². The van der Waals surface area contributed by atoms with Crippen molar-refractivity contribution in [2.45, 2.75) is 31.6 Å². The second-order valence-corrected chi connectivity index (χ2v) is 2.78. The zero-order valence-electron chi connectivity index (χ0n) is 7.14. The monoisotopic (exact) mass is 190 g/mol. The summed E-state index contributed by atoms with van der Waals surface area (Å²) in [6.07, 6.45) is -3.47. The molecule has 0 aromatic carbocycles. The lowest BCUT2D eigenvalue weighted by Gasteiger charge is -2.16. The molecule has 3 atom stereocenters. The summed E-state index contributed by atoms with van der Waals surface area (Å²) in [5.74, 6) is -2.17. The molecular weight excluding hydrogens is 178 g/mol. The van der Waals surface area contributed by atoms with E-state index in [2.05, 4.69) is 0 Å². The summed E-state index contributed by atoms with van der Waals surface area (Å²) in [6, 6.07) is -1.39. The van der Waals surface area contributed by atoms with E-state index in [0.717, 1.165) is 6.92 Å². The zero-order valence-corrected chi connectivity index (χ0v) is 7.14. The molecule has 75 valence electrons. The summed E-state index contributed by atoms with van der Waals surface area (Å²) in [4.78, 5) is 20.6. The smallest absolute Gasteiger partial charge is 0.171 e. The number of carbonyl (C=O) groups excluding carboxylic acids is 2. The van der Waals surface area contributed by atoms with Crippen molar-refractivity contribution in [3.05, 3.63) is 0 Å². The fourth-order valence-corrected chi connectivity index (χ4v) is 0.756. The van der Waals surface area contributed by atoms with Gasteiger partial charge in [0.2, 0.25) is 0 Å². The number of aliphatic hydroxyl groups excluding tert-OH is 2. The van der Waals surface area contributed by atoms with Gasteiger partial charge in [0.05, 0.1) is 6.10 Å². The van der Waals surface area contributed by atoms with Crippen LogP contribution in [0, 0.1) is 0 Å². The first-order chi connectivity index (χ1) is 5.86. The molecule has 0 spiro atoms. The number of nitrogens with two attached hydrogens (primary N) is 1. The highest BCUT2D eigenvalue weighted by Gasteiger charge is 2.25. The lowest BCUT2D eigenvalue weighted by molar-refractivity contribution is -0.441. The van der Waals surface area contributed by atoms with Gasteiger partial charge in [-0.1, -0.05) is 0 Å². The molecule has 0 aliphatic heterocycles. The van der Waals surface area contributed by atoms with Gasteiger partial charge in [0.1, 0.15) is 12.1 Å². The number of aliphatic carboxylic acids is 1. The van der Waals surface area contributed by atoms with E-state index in [1.807, 2.05) is 0 Å². The number of hydrogen-bond acceptors (Lipinski definition) is 6. The van der Waals surface area contributed by atoms with Crippen molar-refractivity contribution in [3.8, 4) is 0 Å². The Hall–Kier alpha value is -0.980. The molecule has 13 heavy (non-hydrogen) atoms. The molecule has 0 fully saturated rings. The minimum atomic E-state index is -1.59. The maximum Gasteiger partial charge on any atom is 0.171 e. The van der Waals surface area contributed by atoms with Crippen LogP contribution in [0.25, 0.3) is 0 Å². The Bertz CT molecular complexity index is 205. The highest BCUT2D eigenvalue weighted by Crippen LogP contribution is 2.01. The Morgan fingerprint density at radius 1 is 1.46 bits per heavy atom. The maximum absolute atomic E-state index is 10.5. The predicted octanol–water partition coefficient (Wildman–Crippen LogP) is -4.17. The Morgan fingerprint density at radius 2 is 1.92 bits per heavy atom. The third kappa shape index (κ3) is 3.97. The fraction of sp³-hybridized carbons (Fsp3) is 0.714. The summed E-state index contributed by atoms with van der Waals surface area (Å²) in [5, 5.41) is 28.1. The lowest BCUT2D eigenvalue weighted by Crippen LogP contribution is -2.69. The number of hydrogen-bond donors (Lipinski definition) is 3. The van der Waals surface area contributed by atoms with Crippen molar-refractivity contribution >= 4 is 11.8 Å². The van der Waals surface area contributed by atoms with Gasteiger partial charge in [0, 0.05) is 6.42 Å². The maximum atomic E-state index is 10.5. The third-order valence-corrected chi connectivity index (χ3v) is 1.58. The quantitative estimate of drug-likeness (QED) is 0.406. The molecule has 0 amide bonds. The Morgan fingerprint density at radius 3 is 2.23 bits per heavy atom. The second kappa shape index (κ2) is 4.90. The summed E-state index contributed by atoms with van der Waals surface area (Å²) in [5.41, 5.74) is 5.01. The van der Waals surface area contributed by atoms with Gasteiger partial charge in [-0.3, -0.25) is 4.79 Å². The minimum absolute atomic E-state index is 0.414. The zero-order chi connectivity index (χ0) is 10.6. The molecular formula is C7H12NO5. The average Bonchev–Trinajstić information content (AvgIpc) is 2.02. The van der Waals surface area contributed by atoms with Crippen molar-refractivity contribution < 1.29 is 30.6 Å². The molecule has 0 aliphatic carbocycles. The number of carbonyl (C=O) groups is 2. The number of carboxylic acid groups (broad SMARTS) is 1. The van der Waals surface area contributed by atoms with Gasteiger partial charge >= 0.3 is 0 Å². The lowest BCUT2D eigenvalue weighted by atomic mass is 10.0. The predicted molar refractivity (Wildman–Crippen MR) is 38.0 cm³/mol. The van der Waals surface area contributed by atoms with E-state index in [4.69, 9.17) is 15.9 Å².